The minimum atomic E-state index is -2.65. The Bertz CT molecular complexity index is 1450. The zero-order valence-electron chi connectivity index (χ0n) is 25.2. The van der Waals surface area contributed by atoms with E-state index in [1.54, 1.807) is 44.1 Å². The lowest BCUT2D eigenvalue weighted by Crippen LogP contribution is -2.63. The summed E-state index contributed by atoms with van der Waals surface area (Å²) in [6.45, 7) is 6.71. The van der Waals surface area contributed by atoms with Gasteiger partial charge in [-0.05, 0) is 72.2 Å². The summed E-state index contributed by atoms with van der Waals surface area (Å²) in [5, 5.41) is 51.3. The lowest BCUT2D eigenvalue weighted by atomic mass is 9.58. The molecular weight excluding hydrogens is 544 g/mol. The van der Waals surface area contributed by atoms with Gasteiger partial charge in [0, 0.05) is 36.8 Å². The van der Waals surface area contributed by atoms with Crippen molar-refractivity contribution in [3.05, 3.63) is 39.9 Å². The van der Waals surface area contributed by atoms with Gasteiger partial charge in [-0.1, -0.05) is 0 Å². The quantitative estimate of drug-likeness (QED) is 0.211. The van der Waals surface area contributed by atoms with Crippen molar-refractivity contribution in [2.45, 2.75) is 57.7 Å². The smallest absolute Gasteiger partial charge is 0.238 e. The third kappa shape index (κ3) is 4.87. The summed E-state index contributed by atoms with van der Waals surface area (Å²) in [7, 11) is 6.73. The maximum Gasteiger partial charge on any atom is 0.238 e. The lowest BCUT2D eigenvalue weighted by molar-refractivity contribution is -0.148. The number of phenols is 1. The van der Waals surface area contributed by atoms with Crippen molar-refractivity contribution in [1.82, 2.24) is 10.2 Å². The van der Waals surface area contributed by atoms with Crippen molar-refractivity contribution in [2.75, 3.05) is 45.0 Å². The second-order valence-electron chi connectivity index (χ2n) is 12.8. The largest absolute Gasteiger partial charge is 0.510 e. The van der Waals surface area contributed by atoms with Crippen molar-refractivity contribution < 1.29 is 39.6 Å². The van der Waals surface area contributed by atoms with Crippen molar-refractivity contribution >= 4 is 34.6 Å². The summed E-state index contributed by atoms with van der Waals surface area (Å²) in [6.07, 6.45) is 0.182. The van der Waals surface area contributed by atoms with E-state index < -0.39 is 69.6 Å². The van der Waals surface area contributed by atoms with Crippen LogP contribution in [0.3, 0.4) is 0 Å². The summed E-state index contributed by atoms with van der Waals surface area (Å²) in [6, 6.07) is 0.581. The lowest BCUT2D eigenvalue weighted by Gasteiger charge is -2.50. The molecule has 3 aliphatic rings. The molecule has 0 aliphatic heterocycles. The number of nitrogens with zero attached hydrogens (tertiary/aromatic N) is 2. The first kappa shape index (κ1) is 31.2. The average molecular weight is 585 g/mol. The number of aliphatic hydroxyl groups excluding tert-OH is 2. The molecule has 1 amide bonds. The van der Waals surface area contributed by atoms with Crippen molar-refractivity contribution in [1.29, 1.82) is 0 Å². The van der Waals surface area contributed by atoms with Crippen LogP contribution in [0.1, 0.15) is 50.0 Å². The van der Waals surface area contributed by atoms with Gasteiger partial charge in [0.2, 0.25) is 11.7 Å². The zero-order chi connectivity index (χ0) is 31.6. The normalized spacial score (nSPS) is 25.7. The number of anilines is 2. The zero-order valence-corrected chi connectivity index (χ0v) is 25.2. The Kier molecular flexibility index (Phi) is 7.81. The maximum absolute atomic E-state index is 14.1. The number of benzene rings is 1. The molecule has 12 nitrogen and oxygen atoms in total. The van der Waals surface area contributed by atoms with Crippen LogP contribution in [0, 0.1) is 11.8 Å². The fraction of sp³-hybridized carbons (Fsp3) is 0.533. The molecule has 12 heteroatoms. The van der Waals surface area contributed by atoms with E-state index in [2.05, 4.69) is 10.6 Å². The van der Waals surface area contributed by atoms with Gasteiger partial charge in [-0.3, -0.25) is 24.1 Å². The highest BCUT2D eigenvalue weighted by Crippen LogP contribution is 2.54. The number of likely N-dealkylation sites (N-methyl/N-ethyl adjacent to an activating group) is 1. The Morgan fingerprint density at radius 2 is 1.71 bits per heavy atom. The number of nitrogens with one attached hydrogen (secondary N) is 2. The number of aromatic hydroxyl groups is 1. The molecule has 6 N–H and O–H groups in total. The second kappa shape index (κ2) is 10.5. The number of fused-ring (bicyclic) bond motifs is 3. The van der Waals surface area contributed by atoms with E-state index in [4.69, 9.17) is 0 Å². The highest BCUT2D eigenvalue weighted by Gasteiger charge is 2.63. The molecule has 3 aliphatic carbocycles. The summed E-state index contributed by atoms with van der Waals surface area (Å²) in [4.78, 5) is 56.0. The fourth-order valence-electron chi connectivity index (χ4n) is 6.44. The van der Waals surface area contributed by atoms with Gasteiger partial charge in [-0.2, -0.15) is 0 Å². The van der Waals surface area contributed by atoms with E-state index in [0.717, 1.165) is 6.92 Å². The third-order valence-electron chi connectivity index (χ3n) is 8.34. The average Bonchev–Trinajstić information content (AvgIpc) is 2.85. The van der Waals surface area contributed by atoms with E-state index in [1.807, 2.05) is 20.8 Å². The van der Waals surface area contributed by atoms with Crippen molar-refractivity contribution in [3.8, 4) is 5.75 Å². The monoisotopic (exact) mass is 584 g/mol. The molecule has 1 aromatic carbocycles. The summed E-state index contributed by atoms with van der Waals surface area (Å²) in [5.41, 5.74) is -2.99. The van der Waals surface area contributed by atoms with E-state index in [9.17, 15) is 39.6 Å². The number of carbonyl (C=O) groups is 4. The number of rotatable bonds is 6. The Balaban J connectivity index is 1.87. The van der Waals surface area contributed by atoms with Crippen LogP contribution in [-0.2, 0) is 20.8 Å². The van der Waals surface area contributed by atoms with Crippen LogP contribution in [0.2, 0.25) is 0 Å². The van der Waals surface area contributed by atoms with E-state index >= 15 is 0 Å². The summed E-state index contributed by atoms with van der Waals surface area (Å²) >= 11 is 0. The molecule has 1 aromatic rings. The molecule has 4 atom stereocenters. The molecule has 0 heterocycles. The van der Waals surface area contributed by atoms with Crippen LogP contribution >= 0.6 is 0 Å². The standard InChI is InChI=1S/C30H40N4O8/c1-13(35)20-26(39)23(34(7)8)16-10-14-9-15-18(33(5)6)11-17(32-19(36)12-31-29(2,3)4)24(37)22(15)25(38)21(14)28(41)30(16,42)27(20)40/h11,14,16,23,31,37,39,41-42H,9-10,12H2,1-8H3,(H,32,36)/t14-,16-,23-,30+/m0/s1. The van der Waals surface area contributed by atoms with Crippen LogP contribution in [0.4, 0.5) is 11.4 Å². The van der Waals surface area contributed by atoms with Crippen LogP contribution in [-0.4, -0.2) is 101 Å². The first-order valence-electron chi connectivity index (χ1n) is 13.8. The molecule has 0 bridgehead atoms. The number of carbonyl (C=O) groups excluding carboxylic acids is 4. The van der Waals surface area contributed by atoms with Gasteiger partial charge < -0.3 is 36.0 Å². The first-order valence-corrected chi connectivity index (χ1v) is 13.8. The first-order chi connectivity index (χ1) is 19.3. The van der Waals surface area contributed by atoms with Gasteiger partial charge >= 0.3 is 0 Å². The molecule has 0 radical (unpaired) electrons. The van der Waals surface area contributed by atoms with Crippen molar-refractivity contribution in [2.24, 2.45) is 11.8 Å². The maximum atomic E-state index is 14.1. The second-order valence-corrected chi connectivity index (χ2v) is 12.8. The van der Waals surface area contributed by atoms with Gasteiger partial charge in [0.05, 0.1) is 23.8 Å². The van der Waals surface area contributed by atoms with Gasteiger partial charge in [0.25, 0.3) is 0 Å². The fourth-order valence-corrected chi connectivity index (χ4v) is 6.44. The Labute approximate surface area is 244 Å². The number of hydrogen-bond acceptors (Lipinski definition) is 11. The molecule has 4 rings (SSSR count). The Hall–Kier alpha value is -3.74. The Morgan fingerprint density at radius 3 is 2.24 bits per heavy atom. The van der Waals surface area contributed by atoms with E-state index in [-0.39, 0.29) is 41.7 Å². The number of hydrogen-bond donors (Lipinski definition) is 6. The third-order valence-corrected chi connectivity index (χ3v) is 8.34. The molecular formula is C30H40N4O8. The number of phenolic OH excluding ortho intramolecular Hbond substituents is 1. The predicted molar refractivity (Wildman–Crippen MR) is 156 cm³/mol. The molecule has 0 spiro atoms. The molecule has 42 heavy (non-hydrogen) atoms. The number of aliphatic hydroxyl groups is 3. The van der Waals surface area contributed by atoms with Crippen LogP contribution in [0.15, 0.2) is 28.7 Å². The SMILES string of the molecule is CC(=O)C1=C(O)[C@@H](N(C)C)[C@@H]2C[C@@H]3Cc4c(N(C)C)cc(NC(=O)CNC(C)(C)C)c(O)c4C(=O)C3=C(O)[C@]2(O)C1=O. The van der Waals surface area contributed by atoms with Crippen LogP contribution < -0.4 is 15.5 Å². The van der Waals surface area contributed by atoms with Gasteiger partial charge in [0.15, 0.2) is 22.9 Å². The number of amides is 1. The predicted octanol–water partition coefficient (Wildman–Crippen LogP) is 1.62. The van der Waals surface area contributed by atoms with Gasteiger partial charge in [0.1, 0.15) is 17.1 Å². The topological polar surface area (TPSA) is 180 Å². The number of Topliss-reactive ketones (excluding diaryl/α,β-unsaturated/α-hetero) is 3. The van der Waals surface area contributed by atoms with Crippen LogP contribution in [0.25, 0.3) is 0 Å². The van der Waals surface area contributed by atoms with Crippen molar-refractivity contribution in [3.63, 3.8) is 0 Å². The molecule has 0 unspecified atom stereocenters. The molecule has 228 valence electrons. The molecule has 0 saturated carbocycles. The van der Waals surface area contributed by atoms with Gasteiger partial charge in [-0.25, -0.2) is 0 Å². The summed E-state index contributed by atoms with van der Waals surface area (Å²) in [5.74, 6) is -6.84. The highest BCUT2D eigenvalue weighted by molar-refractivity contribution is 6.25. The van der Waals surface area contributed by atoms with Crippen LogP contribution in [0.5, 0.6) is 5.75 Å². The number of allylic oxidation sites excluding steroid dienone is 1. The number of ketones is 3. The minimum absolute atomic E-state index is 0.00872. The Morgan fingerprint density at radius 1 is 1.10 bits per heavy atom. The van der Waals surface area contributed by atoms with E-state index in [0.29, 0.717) is 11.3 Å². The highest BCUT2D eigenvalue weighted by atomic mass is 16.3. The van der Waals surface area contributed by atoms with Gasteiger partial charge in [-0.15, -0.1) is 0 Å². The minimum Gasteiger partial charge on any atom is -0.510 e. The molecule has 0 saturated heterocycles. The molecule has 0 aromatic heterocycles. The summed E-state index contributed by atoms with van der Waals surface area (Å²) < 4.78 is 0. The van der Waals surface area contributed by atoms with E-state index in [1.165, 1.54) is 0 Å². The molecule has 0 fully saturated rings.